The molecule has 110 valence electrons. The Morgan fingerprint density at radius 3 is 3.10 bits per heavy atom. The van der Waals surface area contributed by atoms with E-state index in [-0.39, 0.29) is 11.7 Å². The third-order valence-corrected chi connectivity index (χ3v) is 4.47. The van der Waals surface area contributed by atoms with Gasteiger partial charge in [0.2, 0.25) is 0 Å². The molecule has 1 aromatic carbocycles. The molecule has 0 saturated carbocycles. The van der Waals surface area contributed by atoms with Crippen molar-refractivity contribution in [2.45, 2.75) is 18.9 Å². The van der Waals surface area contributed by atoms with Gasteiger partial charge in [0, 0.05) is 6.54 Å². The van der Waals surface area contributed by atoms with Gasteiger partial charge in [-0.2, -0.15) is 0 Å². The lowest BCUT2D eigenvalue weighted by molar-refractivity contribution is -0.382. The molecule has 0 amide bonds. The second kappa shape index (κ2) is 5.28. The Kier molecular flexibility index (Phi) is 3.46. The second-order valence-electron chi connectivity index (χ2n) is 4.76. The number of nitrogens with zero attached hydrogens (tertiary/aromatic N) is 3. The van der Waals surface area contributed by atoms with Crippen LogP contribution in [0.3, 0.4) is 0 Å². The van der Waals surface area contributed by atoms with Crippen molar-refractivity contribution in [1.29, 1.82) is 0 Å². The molecule has 7 nitrogen and oxygen atoms in total. The fraction of sp³-hybridized carbons (Fsp3) is 0.385. The Balaban J connectivity index is 2.13. The lowest BCUT2D eigenvalue weighted by atomic mass is 10.2. The number of rotatable bonds is 3. The molecule has 1 saturated heterocycles. The van der Waals surface area contributed by atoms with E-state index in [1.165, 1.54) is 18.4 Å². The average Bonchev–Trinajstić information content (AvgIpc) is 3.13. The Morgan fingerprint density at radius 1 is 1.57 bits per heavy atom. The number of aromatic nitrogens is 1. The summed E-state index contributed by atoms with van der Waals surface area (Å²) in [7, 11) is 1.33. The number of anilines is 1. The van der Waals surface area contributed by atoms with Crippen molar-refractivity contribution in [3.05, 3.63) is 27.8 Å². The highest BCUT2D eigenvalue weighted by Crippen LogP contribution is 2.39. The zero-order chi connectivity index (χ0) is 15.0. The topological polar surface area (TPSA) is 85.6 Å². The van der Waals surface area contributed by atoms with Crippen LogP contribution in [0.2, 0.25) is 0 Å². The fourth-order valence-electron chi connectivity index (χ4n) is 2.75. The van der Waals surface area contributed by atoms with Gasteiger partial charge in [-0.05, 0) is 25.0 Å². The quantitative estimate of drug-likeness (QED) is 0.491. The number of carbonyl (C=O) groups excluding carboxylic acids is 1. The van der Waals surface area contributed by atoms with Crippen LogP contribution in [0.5, 0.6) is 0 Å². The van der Waals surface area contributed by atoms with E-state index in [1.54, 1.807) is 16.5 Å². The maximum absolute atomic E-state index is 11.8. The minimum Gasteiger partial charge on any atom is -0.467 e. The van der Waals surface area contributed by atoms with E-state index in [0.717, 1.165) is 11.1 Å². The van der Waals surface area contributed by atoms with Gasteiger partial charge in [0.25, 0.3) is 0 Å². The zero-order valence-corrected chi connectivity index (χ0v) is 12.1. The lowest BCUT2D eigenvalue weighted by Crippen LogP contribution is -2.37. The summed E-state index contributed by atoms with van der Waals surface area (Å²) >= 11 is 1.36. The number of hydrogen-bond donors (Lipinski definition) is 0. The first-order valence-corrected chi connectivity index (χ1v) is 7.36. The second-order valence-corrected chi connectivity index (χ2v) is 5.65. The SMILES string of the molecule is COC(=O)C1CCCN1c1ccc2scnc2c1[N+](=O)[O-]. The van der Waals surface area contributed by atoms with Crippen molar-refractivity contribution in [3.8, 4) is 0 Å². The van der Waals surface area contributed by atoms with Gasteiger partial charge in [-0.1, -0.05) is 0 Å². The first-order chi connectivity index (χ1) is 10.1. The molecule has 0 bridgehead atoms. The van der Waals surface area contributed by atoms with Crippen LogP contribution in [0.1, 0.15) is 12.8 Å². The van der Waals surface area contributed by atoms with Crippen molar-refractivity contribution in [2.24, 2.45) is 0 Å². The summed E-state index contributed by atoms with van der Waals surface area (Å²) < 4.78 is 5.56. The molecular formula is C13H13N3O4S. The molecule has 1 fully saturated rings. The molecule has 8 heteroatoms. The summed E-state index contributed by atoms with van der Waals surface area (Å²) in [5, 5.41) is 11.5. The first kappa shape index (κ1) is 13.7. The number of methoxy groups -OCH3 is 1. The number of carbonyl (C=O) groups is 1. The zero-order valence-electron chi connectivity index (χ0n) is 11.3. The molecule has 0 aliphatic carbocycles. The molecule has 1 unspecified atom stereocenters. The van der Waals surface area contributed by atoms with Crippen LogP contribution in [-0.2, 0) is 9.53 Å². The third kappa shape index (κ3) is 2.21. The molecule has 1 aliphatic heterocycles. The molecular weight excluding hydrogens is 294 g/mol. The molecule has 0 radical (unpaired) electrons. The van der Waals surface area contributed by atoms with E-state index in [9.17, 15) is 14.9 Å². The Labute approximate surface area is 124 Å². The molecule has 1 aliphatic rings. The fourth-order valence-corrected chi connectivity index (χ4v) is 3.43. The van der Waals surface area contributed by atoms with Crippen molar-refractivity contribution in [2.75, 3.05) is 18.6 Å². The molecule has 1 atom stereocenters. The van der Waals surface area contributed by atoms with Crippen LogP contribution in [0, 0.1) is 10.1 Å². The van der Waals surface area contributed by atoms with E-state index in [0.29, 0.717) is 24.2 Å². The normalized spacial score (nSPS) is 18.1. The summed E-state index contributed by atoms with van der Waals surface area (Å²) in [5.41, 5.74) is 2.36. The number of hydrogen-bond acceptors (Lipinski definition) is 7. The minimum atomic E-state index is -0.468. The molecule has 0 spiro atoms. The van der Waals surface area contributed by atoms with Crippen LogP contribution in [-0.4, -0.2) is 35.6 Å². The number of thiazole rings is 1. The van der Waals surface area contributed by atoms with Crippen molar-refractivity contribution in [1.82, 2.24) is 4.98 Å². The number of esters is 1. The van der Waals surface area contributed by atoms with Crippen LogP contribution >= 0.6 is 11.3 Å². The largest absolute Gasteiger partial charge is 0.467 e. The molecule has 1 aromatic heterocycles. The monoisotopic (exact) mass is 307 g/mol. The highest BCUT2D eigenvalue weighted by molar-refractivity contribution is 7.16. The number of fused-ring (bicyclic) bond motifs is 1. The lowest BCUT2D eigenvalue weighted by Gasteiger charge is -2.24. The first-order valence-electron chi connectivity index (χ1n) is 6.48. The summed E-state index contributed by atoms with van der Waals surface area (Å²) in [4.78, 5) is 28.7. The predicted octanol–water partition coefficient (Wildman–Crippen LogP) is 2.35. The van der Waals surface area contributed by atoms with Gasteiger partial charge >= 0.3 is 11.7 Å². The molecule has 0 N–H and O–H groups in total. The number of nitro groups is 1. The summed E-state index contributed by atoms with van der Waals surface area (Å²) in [6, 6.07) is 3.03. The highest BCUT2D eigenvalue weighted by atomic mass is 32.1. The van der Waals surface area contributed by atoms with E-state index < -0.39 is 11.0 Å². The minimum absolute atomic E-state index is 0.0375. The van der Waals surface area contributed by atoms with E-state index in [4.69, 9.17) is 4.74 Å². The van der Waals surface area contributed by atoms with E-state index in [2.05, 4.69) is 4.98 Å². The van der Waals surface area contributed by atoms with Crippen LogP contribution in [0.25, 0.3) is 10.2 Å². The summed E-state index contributed by atoms with van der Waals surface area (Å²) in [6.45, 7) is 0.594. The van der Waals surface area contributed by atoms with Gasteiger partial charge in [-0.3, -0.25) is 10.1 Å². The van der Waals surface area contributed by atoms with Crippen molar-refractivity contribution < 1.29 is 14.5 Å². The Morgan fingerprint density at radius 2 is 2.38 bits per heavy atom. The Bertz CT molecular complexity index is 715. The smallest absolute Gasteiger partial charge is 0.328 e. The van der Waals surface area contributed by atoms with Gasteiger partial charge in [-0.25, -0.2) is 9.78 Å². The van der Waals surface area contributed by atoms with Crippen LogP contribution in [0.4, 0.5) is 11.4 Å². The maximum Gasteiger partial charge on any atom is 0.328 e. The van der Waals surface area contributed by atoms with Crippen molar-refractivity contribution >= 4 is 38.9 Å². The van der Waals surface area contributed by atoms with Gasteiger partial charge in [0.05, 0.1) is 22.2 Å². The number of ether oxygens (including phenoxy) is 1. The van der Waals surface area contributed by atoms with Crippen LogP contribution < -0.4 is 4.90 Å². The van der Waals surface area contributed by atoms with Gasteiger partial charge in [-0.15, -0.1) is 11.3 Å². The summed E-state index contributed by atoms with van der Waals surface area (Å²) in [5.74, 6) is -0.361. The van der Waals surface area contributed by atoms with Gasteiger partial charge in [0.15, 0.2) is 5.52 Å². The predicted molar refractivity (Wildman–Crippen MR) is 78.7 cm³/mol. The highest BCUT2D eigenvalue weighted by Gasteiger charge is 2.36. The van der Waals surface area contributed by atoms with Crippen LogP contribution in [0.15, 0.2) is 17.6 Å². The van der Waals surface area contributed by atoms with Gasteiger partial charge < -0.3 is 9.64 Å². The maximum atomic E-state index is 11.8. The van der Waals surface area contributed by atoms with E-state index >= 15 is 0 Å². The Hall–Kier alpha value is -2.22. The van der Waals surface area contributed by atoms with Gasteiger partial charge in [0.1, 0.15) is 11.7 Å². The standard InChI is InChI=1S/C13H13N3O4S/c1-20-13(17)9-3-2-6-15(9)8-4-5-10-11(14-7-21-10)12(8)16(18)19/h4-5,7,9H,2-3,6H2,1H3. The molecule has 2 aromatic rings. The average molecular weight is 307 g/mol. The molecule has 21 heavy (non-hydrogen) atoms. The van der Waals surface area contributed by atoms with Crippen molar-refractivity contribution in [3.63, 3.8) is 0 Å². The molecule has 3 rings (SSSR count). The van der Waals surface area contributed by atoms with E-state index in [1.807, 2.05) is 6.07 Å². The number of benzene rings is 1. The molecule has 2 heterocycles. The third-order valence-electron chi connectivity index (χ3n) is 3.67. The summed E-state index contributed by atoms with van der Waals surface area (Å²) in [6.07, 6.45) is 1.44. The number of nitro benzene ring substituents is 1.